The smallest absolute Gasteiger partial charge is 0.335 e. The van der Waals surface area contributed by atoms with Crippen molar-refractivity contribution in [2.24, 2.45) is 0 Å². The van der Waals surface area contributed by atoms with Crippen molar-refractivity contribution in [2.45, 2.75) is 20.8 Å². The quantitative estimate of drug-likeness (QED) is 0.317. The van der Waals surface area contributed by atoms with Gasteiger partial charge in [-0.05, 0) is 84.8 Å². The average Bonchev–Trinajstić information content (AvgIpc) is 2.70. The average molecular weight is 555 g/mol. The second kappa shape index (κ2) is 9.69. The number of amides is 4. The zero-order valence-electron chi connectivity index (χ0n) is 17.1. The topological polar surface area (TPSA) is 84.9 Å². The Balaban J connectivity index is 2.07. The summed E-state index contributed by atoms with van der Waals surface area (Å²) < 4.78 is 12.1. The Labute approximate surface area is 198 Å². The number of rotatable bonds is 6. The van der Waals surface area contributed by atoms with E-state index in [1.807, 2.05) is 13.8 Å². The van der Waals surface area contributed by atoms with Crippen LogP contribution in [0.1, 0.15) is 25.0 Å². The van der Waals surface area contributed by atoms with E-state index in [4.69, 9.17) is 21.1 Å². The van der Waals surface area contributed by atoms with Crippen molar-refractivity contribution in [3.8, 4) is 11.5 Å². The van der Waals surface area contributed by atoms with Crippen molar-refractivity contribution in [3.05, 3.63) is 55.6 Å². The van der Waals surface area contributed by atoms with Crippen LogP contribution < -0.4 is 19.7 Å². The predicted molar refractivity (Wildman–Crippen MR) is 127 cm³/mol. The lowest BCUT2D eigenvalue weighted by atomic mass is 10.1. The van der Waals surface area contributed by atoms with E-state index in [0.717, 1.165) is 8.47 Å². The number of benzene rings is 2. The van der Waals surface area contributed by atoms with Crippen LogP contribution in [0.5, 0.6) is 11.5 Å². The fourth-order valence-corrected chi connectivity index (χ4v) is 4.03. The van der Waals surface area contributed by atoms with Gasteiger partial charge in [0.05, 0.1) is 22.5 Å². The lowest BCUT2D eigenvalue weighted by molar-refractivity contribution is -0.122. The molecule has 1 aliphatic rings. The third kappa shape index (κ3) is 4.85. The van der Waals surface area contributed by atoms with Crippen LogP contribution >= 0.6 is 34.2 Å². The fraction of sp³-hybridized carbons (Fsp3) is 0.227. The van der Waals surface area contributed by atoms with Gasteiger partial charge < -0.3 is 9.47 Å². The molecule has 0 atom stereocenters. The van der Waals surface area contributed by atoms with Gasteiger partial charge in [0.15, 0.2) is 11.5 Å². The second-order valence-electron chi connectivity index (χ2n) is 6.58. The minimum absolute atomic E-state index is 0.179. The molecular weight excluding hydrogens is 535 g/mol. The van der Waals surface area contributed by atoms with Gasteiger partial charge in [-0.2, -0.15) is 0 Å². The van der Waals surface area contributed by atoms with Crippen LogP contribution in [0.15, 0.2) is 35.9 Å². The normalized spacial score (nSPS) is 15.3. The number of hydrogen-bond acceptors (Lipinski definition) is 5. The summed E-state index contributed by atoms with van der Waals surface area (Å²) >= 11 is 8.16. The van der Waals surface area contributed by atoms with E-state index in [1.54, 1.807) is 31.2 Å². The first-order chi connectivity index (χ1) is 14.8. The highest BCUT2D eigenvalue weighted by Crippen LogP contribution is 2.35. The molecule has 4 amide bonds. The van der Waals surface area contributed by atoms with Crippen LogP contribution in [0.25, 0.3) is 6.08 Å². The summed E-state index contributed by atoms with van der Waals surface area (Å²) in [5.74, 6) is -0.406. The molecule has 0 bridgehead atoms. The minimum atomic E-state index is -0.825. The first kappa shape index (κ1) is 23.1. The van der Waals surface area contributed by atoms with Gasteiger partial charge in [-0.1, -0.05) is 17.7 Å². The Bertz CT molecular complexity index is 1100. The summed E-state index contributed by atoms with van der Waals surface area (Å²) in [6.45, 7) is 6.35. The molecule has 1 aliphatic heterocycles. The summed E-state index contributed by atoms with van der Waals surface area (Å²) in [5, 5.41) is 2.59. The van der Waals surface area contributed by atoms with Gasteiger partial charge in [-0.25, -0.2) is 9.69 Å². The van der Waals surface area contributed by atoms with Crippen LogP contribution in [0.2, 0.25) is 5.02 Å². The number of nitrogens with zero attached hydrogens (tertiary/aromatic N) is 1. The van der Waals surface area contributed by atoms with Crippen molar-refractivity contribution in [1.82, 2.24) is 5.32 Å². The van der Waals surface area contributed by atoms with E-state index >= 15 is 0 Å². The first-order valence-electron chi connectivity index (χ1n) is 9.53. The van der Waals surface area contributed by atoms with Gasteiger partial charge in [-0.15, -0.1) is 0 Å². The highest BCUT2D eigenvalue weighted by molar-refractivity contribution is 14.1. The fourth-order valence-electron chi connectivity index (χ4n) is 3.08. The highest BCUT2D eigenvalue weighted by atomic mass is 127. The van der Waals surface area contributed by atoms with Gasteiger partial charge in [0.2, 0.25) is 0 Å². The molecule has 162 valence electrons. The van der Waals surface area contributed by atoms with Crippen molar-refractivity contribution in [2.75, 3.05) is 18.1 Å². The lowest BCUT2D eigenvalue weighted by Gasteiger charge is -2.27. The molecule has 7 nitrogen and oxygen atoms in total. The predicted octanol–water partition coefficient (Wildman–Crippen LogP) is 4.72. The first-order valence-corrected chi connectivity index (χ1v) is 11.0. The van der Waals surface area contributed by atoms with Gasteiger partial charge in [0.1, 0.15) is 5.57 Å². The summed E-state index contributed by atoms with van der Waals surface area (Å²) in [5.41, 5.74) is 1.36. The molecule has 2 aromatic rings. The monoisotopic (exact) mass is 554 g/mol. The molecule has 9 heteroatoms. The molecule has 0 aliphatic carbocycles. The summed E-state index contributed by atoms with van der Waals surface area (Å²) in [7, 11) is 0. The van der Waals surface area contributed by atoms with Crippen molar-refractivity contribution < 1.29 is 23.9 Å². The van der Waals surface area contributed by atoms with Gasteiger partial charge >= 0.3 is 6.03 Å². The van der Waals surface area contributed by atoms with Crippen molar-refractivity contribution in [3.63, 3.8) is 0 Å². The maximum absolute atomic E-state index is 13.2. The largest absolute Gasteiger partial charge is 0.490 e. The lowest BCUT2D eigenvalue weighted by Crippen LogP contribution is -2.54. The number of imide groups is 2. The molecular formula is C22H20ClIN2O5. The van der Waals surface area contributed by atoms with E-state index in [-0.39, 0.29) is 5.57 Å². The molecule has 2 aromatic carbocycles. The zero-order chi connectivity index (χ0) is 22.7. The van der Waals surface area contributed by atoms with Crippen LogP contribution in [0.3, 0.4) is 0 Å². The van der Waals surface area contributed by atoms with E-state index < -0.39 is 17.8 Å². The molecule has 0 radical (unpaired) electrons. The van der Waals surface area contributed by atoms with Crippen molar-refractivity contribution >= 4 is 63.8 Å². The highest BCUT2D eigenvalue weighted by Gasteiger charge is 2.37. The molecule has 1 heterocycles. The van der Waals surface area contributed by atoms with E-state index in [2.05, 4.69) is 27.9 Å². The molecule has 0 spiro atoms. The molecule has 0 unspecified atom stereocenters. The van der Waals surface area contributed by atoms with E-state index in [0.29, 0.717) is 46.5 Å². The van der Waals surface area contributed by atoms with Crippen LogP contribution in [0.4, 0.5) is 10.5 Å². The number of aryl methyl sites for hydroxylation is 1. The number of ether oxygens (including phenoxy) is 2. The molecule has 0 aromatic heterocycles. The van der Waals surface area contributed by atoms with Crippen molar-refractivity contribution in [1.29, 1.82) is 0 Å². The van der Waals surface area contributed by atoms with Crippen LogP contribution in [-0.2, 0) is 9.59 Å². The number of halogens is 2. The Morgan fingerprint density at radius 3 is 2.48 bits per heavy atom. The number of hydrogen-bond donors (Lipinski definition) is 1. The Hall–Kier alpha value is -2.59. The third-order valence-corrected chi connectivity index (χ3v) is 5.48. The summed E-state index contributed by atoms with van der Waals surface area (Å²) in [6.07, 6.45) is 1.43. The van der Waals surface area contributed by atoms with Gasteiger partial charge in [-0.3, -0.25) is 14.9 Å². The molecule has 1 N–H and O–H groups in total. The molecule has 1 fully saturated rings. The Kier molecular flexibility index (Phi) is 7.22. The zero-order valence-corrected chi connectivity index (χ0v) is 20.0. The number of carbonyl (C=O) groups is 3. The number of barbiturate groups is 1. The Morgan fingerprint density at radius 1 is 1.10 bits per heavy atom. The van der Waals surface area contributed by atoms with Crippen LogP contribution in [-0.4, -0.2) is 31.1 Å². The SMILES string of the molecule is CCOc1cc(/C=C2\C(=O)NC(=O)N(c3cc(Cl)ccc3C)C2=O)cc(I)c1OCC. The van der Waals surface area contributed by atoms with Gasteiger partial charge in [0.25, 0.3) is 11.8 Å². The standard InChI is InChI=1S/C22H20ClIN2O5/c1-4-30-18-10-13(9-16(24)19(18)31-5-2)8-15-20(27)25-22(29)26(21(15)28)17-11-14(23)7-6-12(17)3/h6-11H,4-5H2,1-3H3,(H,25,27,29)/b15-8+. The number of urea groups is 1. The summed E-state index contributed by atoms with van der Waals surface area (Å²) in [6, 6.07) is 7.50. The van der Waals surface area contributed by atoms with Crippen LogP contribution in [0, 0.1) is 10.5 Å². The van der Waals surface area contributed by atoms with Gasteiger partial charge in [0, 0.05) is 5.02 Å². The maximum atomic E-state index is 13.2. The second-order valence-corrected chi connectivity index (χ2v) is 8.18. The third-order valence-electron chi connectivity index (χ3n) is 4.45. The number of nitrogens with one attached hydrogen (secondary N) is 1. The van der Waals surface area contributed by atoms with E-state index in [9.17, 15) is 14.4 Å². The molecule has 0 saturated carbocycles. The molecule has 31 heavy (non-hydrogen) atoms. The molecule has 3 rings (SSSR count). The number of carbonyl (C=O) groups excluding carboxylic acids is 3. The summed E-state index contributed by atoms with van der Waals surface area (Å²) in [4.78, 5) is 39.0. The maximum Gasteiger partial charge on any atom is 0.335 e. The minimum Gasteiger partial charge on any atom is -0.490 e. The number of anilines is 1. The molecule has 1 saturated heterocycles. The van der Waals surface area contributed by atoms with E-state index in [1.165, 1.54) is 12.1 Å². The Morgan fingerprint density at radius 2 is 1.81 bits per heavy atom.